The topological polar surface area (TPSA) is 87.7 Å². The largest absolute Gasteiger partial charge is 0.444 e. The second-order valence-corrected chi connectivity index (χ2v) is 9.50. The van der Waals surface area contributed by atoms with Crippen LogP contribution in [0.4, 0.5) is 4.79 Å². The average molecular weight is 456 g/mol. The molecule has 0 aromatic heterocycles. The molecule has 0 saturated heterocycles. The highest BCUT2D eigenvalue weighted by Gasteiger charge is 2.34. The molecule has 1 aliphatic rings. The van der Waals surface area contributed by atoms with E-state index < -0.39 is 23.8 Å². The molecule has 0 heterocycles. The van der Waals surface area contributed by atoms with Crippen molar-refractivity contribution in [3.05, 3.63) is 35.4 Å². The van der Waals surface area contributed by atoms with Crippen LogP contribution in [0.25, 0.3) is 0 Å². The van der Waals surface area contributed by atoms with Crippen molar-refractivity contribution in [3.63, 3.8) is 0 Å². The highest BCUT2D eigenvalue weighted by Crippen LogP contribution is 2.25. The fraction of sp³-hybridized carbons (Fsp3) is 0.577. The smallest absolute Gasteiger partial charge is 0.408 e. The van der Waals surface area contributed by atoms with E-state index in [2.05, 4.69) is 16.6 Å². The standard InChI is InChI=1S/C26H37N3O4/c1-7-19-14-16-20(17-15-19)22(23(30)28-21-12-10-9-11-13-21)29(8-2)24(31)18(3)27-25(32)33-26(4,5)6/h1,14-18,21-22H,8-13H2,2-6H3,(H,27,32)(H,28,30). The van der Waals surface area contributed by atoms with Gasteiger partial charge in [-0.1, -0.05) is 37.3 Å². The molecule has 1 saturated carbocycles. The quantitative estimate of drug-likeness (QED) is 0.610. The van der Waals surface area contributed by atoms with E-state index in [0.29, 0.717) is 17.7 Å². The molecule has 1 aromatic rings. The monoisotopic (exact) mass is 455 g/mol. The summed E-state index contributed by atoms with van der Waals surface area (Å²) in [4.78, 5) is 40.5. The number of amides is 3. The summed E-state index contributed by atoms with van der Waals surface area (Å²) in [5, 5.41) is 5.73. The molecule has 2 N–H and O–H groups in total. The summed E-state index contributed by atoms with van der Waals surface area (Å²) in [6, 6.07) is 5.48. The molecule has 180 valence electrons. The predicted molar refractivity (Wildman–Crippen MR) is 128 cm³/mol. The Balaban J connectivity index is 2.27. The Morgan fingerprint density at radius 3 is 2.27 bits per heavy atom. The molecular formula is C26H37N3O4. The lowest BCUT2D eigenvalue weighted by molar-refractivity contribution is -0.142. The first kappa shape index (κ1) is 26.2. The minimum atomic E-state index is -0.866. The molecule has 0 aliphatic heterocycles. The second-order valence-electron chi connectivity index (χ2n) is 9.50. The van der Waals surface area contributed by atoms with Gasteiger partial charge in [0.15, 0.2) is 0 Å². The summed E-state index contributed by atoms with van der Waals surface area (Å²) < 4.78 is 5.27. The van der Waals surface area contributed by atoms with Crippen LogP contribution in [-0.2, 0) is 14.3 Å². The number of nitrogens with zero attached hydrogens (tertiary/aromatic N) is 1. The molecule has 2 unspecified atom stereocenters. The lowest BCUT2D eigenvalue weighted by Gasteiger charge is -2.34. The van der Waals surface area contributed by atoms with Gasteiger partial charge in [-0.2, -0.15) is 0 Å². The van der Waals surface area contributed by atoms with Crippen LogP contribution in [-0.4, -0.2) is 47.0 Å². The summed E-state index contributed by atoms with van der Waals surface area (Å²) in [6.45, 7) is 8.95. The van der Waals surface area contributed by atoms with Crippen LogP contribution in [0.3, 0.4) is 0 Å². The highest BCUT2D eigenvalue weighted by molar-refractivity contribution is 5.92. The number of terminal acetylenes is 1. The molecule has 7 heteroatoms. The van der Waals surface area contributed by atoms with Crippen molar-refractivity contribution >= 4 is 17.9 Å². The van der Waals surface area contributed by atoms with Gasteiger partial charge in [0.1, 0.15) is 17.7 Å². The molecule has 1 fully saturated rings. The number of carbonyl (C=O) groups excluding carboxylic acids is 3. The summed E-state index contributed by atoms with van der Waals surface area (Å²) in [5.74, 6) is 1.98. The highest BCUT2D eigenvalue weighted by atomic mass is 16.6. The van der Waals surface area contributed by atoms with Crippen LogP contribution >= 0.6 is 0 Å². The van der Waals surface area contributed by atoms with E-state index in [1.54, 1.807) is 52.0 Å². The van der Waals surface area contributed by atoms with Gasteiger partial charge in [0, 0.05) is 18.2 Å². The van der Waals surface area contributed by atoms with Crippen molar-refractivity contribution < 1.29 is 19.1 Å². The molecule has 0 bridgehead atoms. The van der Waals surface area contributed by atoms with Gasteiger partial charge in [0.2, 0.25) is 11.8 Å². The van der Waals surface area contributed by atoms with Gasteiger partial charge < -0.3 is 20.3 Å². The Morgan fingerprint density at radius 1 is 1.15 bits per heavy atom. The first-order valence-electron chi connectivity index (χ1n) is 11.7. The molecular weight excluding hydrogens is 418 g/mol. The molecule has 2 rings (SSSR count). The first-order chi connectivity index (χ1) is 15.6. The molecule has 3 amide bonds. The van der Waals surface area contributed by atoms with Crippen LogP contribution in [0.15, 0.2) is 24.3 Å². The summed E-state index contributed by atoms with van der Waals surface area (Å²) in [6.07, 6.45) is 10.0. The SMILES string of the molecule is C#Cc1ccc(C(C(=O)NC2CCCCC2)N(CC)C(=O)C(C)NC(=O)OC(C)(C)C)cc1. The maximum absolute atomic E-state index is 13.4. The number of benzene rings is 1. The van der Waals surface area contributed by atoms with Crippen molar-refractivity contribution in [3.8, 4) is 12.3 Å². The van der Waals surface area contributed by atoms with Gasteiger partial charge >= 0.3 is 6.09 Å². The molecule has 0 radical (unpaired) electrons. The van der Waals surface area contributed by atoms with Gasteiger partial charge in [-0.25, -0.2) is 4.79 Å². The fourth-order valence-electron chi connectivity index (χ4n) is 4.02. The van der Waals surface area contributed by atoms with Gasteiger partial charge in [-0.3, -0.25) is 9.59 Å². The number of carbonyl (C=O) groups is 3. The number of likely N-dealkylation sites (N-methyl/N-ethyl adjacent to an activating group) is 1. The fourth-order valence-corrected chi connectivity index (χ4v) is 4.02. The Kier molecular flexibility index (Phi) is 9.33. The minimum absolute atomic E-state index is 0.102. The third-order valence-electron chi connectivity index (χ3n) is 5.63. The number of ether oxygens (including phenoxy) is 1. The van der Waals surface area contributed by atoms with Crippen molar-refractivity contribution in [2.24, 2.45) is 0 Å². The first-order valence-corrected chi connectivity index (χ1v) is 11.7. The zero-order valence-corrected chi connectivity index (χ0v) is 20.4. The van der Waals surface area contributed by atoms with Gasteiger partial charge in [0.05, 0.1) is 0 Å². The van der Waals surface area contributed by atoms with Crippen LogP contribution in [0.2, 0.25) is 0 Å². The Hall–Kier alpha value is -3.01. The van der Waals surface area contributed by atoms with E-state index in [1.807, 2.05) is 6.92 Å². The van der Waals surface area contributed by atoms with Crippen molar-refractivity contribution in [2.75, 3.05) is 6.54 Å². The van der Waals surface area contributed by atoms with Crippen LogP contribution in [0, 0.1) is 12.3 Å². The number of alkyl carbamates (subject to hydrolysis) is 1. The van der Waals surface area contributed by atoms with Crippen molar-refractivity contribution in [2.45, 2.75) is 90.4 Å². The van der Waals surface area contributed by atoms with Crippen molar-refractivity contribution in [1.29, 1.82) is 0 Å². The average Bonchev–Trinajstić information content (AvgIpc) is 2.76. The molecule has 33 heavy (non-hydrogen) atoms. The predicted octanol–water partition coefficient (Wildman–Crippen LogP) is 3.92. The number of nitrogens with one attached hydrogen (secondary N) is 2. The zero-order valence-electron chi connectivity index (χ0n) is 20.4. The van der Waals surface area contributed by atoms with Gasteiger partial charge in [0.25, 0.3) is 0 Å². The molecule has 2 atom stereocenters. The van der Waals surface area contributed by atoms with Crippen molar-refractivity contribution in [1.82, 2.24) is 15.5 Å². The van der Waals surface area contributed by atoms with E-state index in [0.717, 1.165) is 25.7 Å². The minimum Gasteiger partial charge on any atom is -0.444 e. The third kappa shape index (κ3) is 7.81. The second kappa shape index (κ2) is 11.7. The van der Waals surface area contributed by atoms with Gasteiger partial charge in [-0.05, 0) is 65.2 Å². The number of rotatable bonds is 7. The van der Waals surface area contributed by atoms with Crippen LogP contribution in [0.1, 0.15) is 83.9 Å². The lowest BCUT2D eigenvalue weighted by atomic mass is 9.94. The summed E-state index contributed by atoms with van der Waals surface area (Å²) in [7, 11) is 0. The zero-order chi connectivity index (χ0) is 24.6. The molecule has 7 nitrogen and oxygen atoms in total. The van der Waals surface area contributed by atoms with E-state index >= 15 is 0 Å². The maximum Gasteiger partial charge on any atom is 0.408 e. The van der Waals surface area contributed by atoms with E-state index in [4.69, 9.17) is 11.2 Å². The van der Waals surface area contributed by atoms with E-state index in [-0.39, 0.29) is 17.9 Å². The van der Waals surface area contributed by atoms with E-state index in [1.165, 1.54) is 11.3 Å². The molecule has 0 spiro atoms. The maximum atomic E-state index is 13.4. The third-order valence-corrected chi connectivity index (χ3v) is 5.63. The molecule has 1 aliphatic carbocycles. The number of hydrogen-bond donors (Lipinski definition) is 2. The lowest BCUT2D eigenvalue weighted by Crippen LogP contribution is -2.52. The summed E-state index contributed by atoms with van der Waals surface area (Å²) in [5.41, 5.74) is 0.680. The number of hydrogen-bond acceptors (Lipinski definition) is 4. The summed E-state index contributed by atoms with van der Waals surface area (Å²) >= 11 is 0. The Morgan fingerprint density at radius 2 is 1.76 bits per heavy atom. The normalized spacial score (nSPS) is 16.1. The van der Waals surface area contributed by atoms with Crippen LogP contribution in [0.5, 0.6) is 0 Å². The van der Waals surface area contributed by atoms with Gasteiger partial charge in [-0.15, -0.1) is 6.42 Å². The Bertz CT molecular complexity index is 861. The van der Waals surface area contributed by atoms with Crippen LogP contribution < -0.4 is 10.6 Å². The van der Waals surface area contributed by atoms with E-state index in [9.17, 15) is 14.4 Å². The Labute approximate surface area is 197 Å². The molecule has 1 aromatic carbocycles.